The summed E-state index contributed by atoms with van der Waals surface area (Å²) in [5, 5.41) is 0.773. The Bertz CT molecular complexity index is 554. The molecule has 1 atom stereocenters. The van der Waals surface area contributed by atoms with Crippen LogP contribution in [0.4, 0.5) is 0 Å². The van der Waals surface area contributed by atoms with Crippen LogP contribution >= 0.6 is 27.5 Å². The molecule has 108 valence electrons. The molecule has 1 unspecified atom stereocenters. The lowest BCUT2D eigenvalue weighted by Crippen LogP contribution is -2.52. The van der Waals surface area contributed by atoms with E-state index in [1.165, 1.54) is 25.7 Å². The molecule has 1 aromatic carbocycles. The molecule has 0 amide bonds. The van der Waals surface area contributed by atoms with E-state index in [1.807, 2.05) is 12.1 Å². The second kappa shape index (κ2) is 5.23. The van der Waals surface area contributed by atoms with Gasteiger partial charge in [0.2, 0.25) is 0 Å². The van der Waals surface area contributed by atoms with Crippen LogP contribution in [0.2, 0.25) is 5.02 Å². The van der Waals surface area contributed by atoms with Gasteiger partial charge in [0.05, 0.1) is 12.1 Å². The van der Waals surface area contributed by atoms with Crippen molar-refractivity contribution in [3.8, 4) is 0 Å². The zero-order chi connectivity index (χ0) is 14.3. The lowest BCUT2D eigenvalue weighted by Gasteiger charge is -2.41. The molecule has 3 rings (SSSR count). The molecule has 20 heavy (non-hydrogen) atoms. The third-order valence-electron chi connectivity index (χ3n) is 4.53. The van der Waals surface area contributed by atoms with Crippen molar-refractivity contribution in [2.45, 2.75) is 44.2 Å². The van der Waals surface area contributed by atoms with Gasteiger partial charge in [0.25, 0.3) is 0 Å². The van der Waals surface area contributed by atoms with Crippen molar-refractivity contribution in [2.75, 3.05) is 6.54 Å². The summed E-state index contributed by atoms with van der Waals surface area (Å²) in [6.45, 7) is 2.88. The molecule has 0 bridgehead atoms. The van der Waals surface area contributed by atoms with Gasteiger partial charge in [-0.2, -0.15) is 0 Å². The fourth-order valence-electron chi connectivity index (χ4n) is 3.53. The molecule has 0 radical (unpaired) electrons. The Morgan fingerprint density at radius 1 is 1.40 bits per heavy atom. The Kier molecular flexibility index (Phi) is 3.71. The summed E-state index contributed by atoms with van der Waals surface area (Å²) in [5.74, 6) is 0.665. The van der Waals surface area contributed by atoms with Crippen molar-refractivity contribution >= 4 is 33.5 Å². The van der Waals surface area contributed by atoms with Crippen molar-refractivity contribution in [1.82, 2.24) is 4.90 Å². The van der Waals surface area contributed by atoms with Gasteiger partial charge in [-0.3, -0.25) is 4.99 Å². The fraction of sp³-hybridized carbons (Fsp3) is 0.533. The summed E-state index contributed by atoms with van der Waals surface area (Å²) in [6, 6.07) is 6.56. The lowest BCUT2D eigenvalue weighted by atomic mass is 9.89. The number of rotatable bonds is 2. The molecule has 2 N–H and O–H groups in total. The molecule has 1 aliphatic carbocycles. The van der Waals surface area contributed by atoms with Gasteiger partial charge in [0.15, 0.2) is 5.96 Å². The number of nitrogens with zero attached hydrogens (tertiary/aromatic N) is 2. The number of hydrogen-bond acceptors (Lipinski definition) is 3. The SMILES string of the molecule is CC1(c2ccc(Br)cc2Cl)CN=C(N)N1C1CCCC1. The largest absolute Gasteiger partial charge is 0.370 e. The Hall–Kier alpha value is -0.740. The standard InChI is InChI=1S/C15H19BrClN3/c1-15(12-7-6-10(16)8-13(12)17)9-19-14(18)20(15)11-4-2-3-5-11/h6-8,11H,2-5,9H2,1H3,(H2,18,19). The smallest absolute Gasteiger partial charge is 0.192 e. The monoisotopic (exact) mass is 355 g/mol. The second-order valence-electron chi connectivity index (χ2n) is 5.88. The highest BCUT2D eigenvalue weighted by atomic mass is 79.9. The first-order valence-electron chi connectivity index (χ1n) is 7.07. The van der Waals surface area contributed by atoms with Gasteiger partial charge in [-0.05, 0) is 37.5 Å². The molecule has 1 aromatic rings. The van der Waals surface area contributed by atoms with E-state index >= 15 is 0 Å². The number of guanidine groups is 1. The van der Waals surface area contributed by atoms with Gasteiger partial charge in [-0.15, -0.1) is 0 Å². The van der Waals surface area contributed by atoms with Crippen molar-refractivity contribution in [3.63, 3.8) is 0 Å². The van der Waals surface area contributed by atoms with Crippen LogP contribution in [0, 0.1) is 0 Å². The fourth-order valence-corrected chi connectivity index (χ4v) is 4.41. The maximum absolute atomic E-state index is 6.47. The number of halogens is 2. The molecule has 5 heteroatoms. The van der Waals surface area contributed by atoms with Gasteiger partial charge < -0.3 is 10.6 Å². The van der Waals surface area contributed by atoms with Crippen LogP contribution in [0.3, 0.4) is 0 Å². The zero-order valence-electron chi connectivity index (χ0n) is 11.6. The number of hydrogen-bond donors (Lipinski definition) is 1. The van der Waals surface area contributed by atoms with Crippen molar-refractivity contribution in [3.05, 3.63) is 33.3 Å². The van der Waals surface area contributed by atoms with E-state index in [1.54, 1.807) is 0 Å². The highest BCUT2D eigenvalue weighted by molar-refractivity contribution is 9.10. The van der Waals surface area contributed by atoms with E-state index in [2.05, 4.69) is 38.8 Å². The first-order chi connectivity index (χ1) is 9.52. The summed E-state index contributed by atoms with van der Waals surface area (Å²) in [6.07, 6.45) is 4.94. The van der Waals surface area contributed by atoms with E-state index in [-0.39, 0.29) is 5.54 Å². The molecule has 0 aromatic heterocycles. The first-order valence-corrected chi connectivity index (χ1v) is 8.24. The maximum atomic E-state index is 6.47. The molecule has 0 spiro atoms. The molecule has 1 saturated carbocycles. The zero-order valence-corrected chi connectivity index (χ0v) is 13.9. The Morgan fingerprint density at radius 3 is 2.75 bits per heavy atom. The van der Waals surface area contributed by atoms with Gasteiger partial charge in [0.1, 0.15) is 0 Å². The number of nitrogens with two attached hydrogens (primary N) is 1. The maximum Gasteiger partial charge on any atom is 0.192 e. The quantitative estimate of drug-likeness (QED) is 0.873. The average molecular weight is 357 g/mol. The molecule has 1 fully saturated rings. The highest BCUT2D eigenvalue weighted by Gasteiger charge is 2.44. The summed E-state index contributed by atoms with van der Waals surface area (Å²) < 4.78 is 0.995. The van der Waals surface area contributed by atoms with Crippen LogP contribution in [-0.4, -0.2) is 23.4 Å². The van der Waals surface area contributed by atoms with Gasteiger partial charge >= 0.3 is 0 Å². The van der Waals surface area contributed by atoms with Crippen molar-refractivity contribution < 1.29 is 0 Å². The van der Waals surface area contributed by atoms with Crippen LogP contribution in [0.1, 0.15) is 38.2 Å². The van der Waals surface area contributed by atoms with Gasteiger partial charge in [0, 0.05) is 15.5 Å². The Labute approximate surface area is 133 Å². The predicted octanol–water partition coefficient (Wildman–Crippen LogP) is 3.89. The Morgan fingerprint density at radius 2 is 2.10 bits per heavy atom. The van der Waals surface area contributed by atoms with E-state index in [0.717, 1.165) is 15.1 Å². The minimum Gasteiger partial charge on any atom is -0.370 e. The number of aliphatic imine (C=N–C) groups is 1. The molecule has 1 heterocycles. The van der Waals surface area contributed by atoms with Gasteiger partial charge in [-0.1, -0.05) is 46.4 Å². The summed E-state index contributed by atoms with van der Waals surface area (Å²) in [4.78, 5) is 6.81. The first kappa shape index (κ1) is 14.2. The molecular formula is C15H19BrClN3. The van der Waals surface area contributed by atoms with Crippen LogP contribution in [0.25, 0.3) is 0 Å². The van der Waals surface area contributed by atoms with Gasteiger partial charge in [-0.25, -0.2) is 0 Å². The predicted molar refractivity (Wildman–Crippen MR) is 87.1 cm³/mol. The topological polar surface area (TPSA) is 41.6 Å². The van der Waals surface area contributed by atoms with Crippen LogP contribution in [-0.2, 0) is 5.54 Å². The molecule has 3 nitrogen and oxygen atoms in total. The van der Waals surface area contributed by atoms with Crippen molar-refractivity contribution in [2.24, 2.45) is 10.7 Å². The molecule has 1 aliphatic heterocycles. The normalized spacial score (nSPS) is 27.1. The average Bonchev–Trinajstić information content (AvgIpc) is 2.98. The minimum atomic E-state index is -0.225. The summed E-state index contributed by atoms with van der Waals surface area (Å²) >= 11 is 9.93. The van der Waals surface area contributed by atoms with Crippen LogP contribution in [0.5, 0.6) is 0 Å². The molecular weight excluding hydrogens is 338 g/mol. The lowest BCUT2D eigenvalue weighted by molar-refractivity contribution is 0.167. The van der Waals surface area contributed by atoms with Crippen LogP contribution < -0.4 is 5.73 Å². The van der Waals surface area contributed by atoms with E-state index in [0.29, 0.717) is 18.5 Å². The third kappa shape index (κ3) is 2.23. The summed E-state index contributed by atoms with van der Waals surface area (Å²) in [5.41, 5.74) is 7.06. The summed E-state index contributed by atoms with van der Waals surface area (Å²) in [7, 11) is 0. The third-order valence-corrected chi connectivity index (χ3v) is 5.33. The number of benzene rings is 1. The highest BCUT2D eigenvalue weighted by Crippen LogP contribution is 2.41. The van der Waals surface area contributed by atoms with E-state index < -0.39 is 0 Å². The second-order valence-corrected chi connectivity index (χ2v) is 7.20. The van der Waals surface area contributed by atoms with Crippen molar-refractivity contribution in [1.29, 1.82) is 0 Å². The van der Waals surface area contributed by atoms with E-state index in [4.69, 9.17) is 17.3 Å². The van der Waals surface area contributed by atoms with E-state index in [9.17, 15) is 0 Å². The molecule has 2 aliphatic rings. The van der Waals surface area contributed by atoms with Crippen LogP contribution in [0.15, 0.2) is 27.7 Å². The Balaban J connectivity index is 2.01. The minimum absolute atomic E-state index is 0.225. The molecule has 0 saturated heterocycles.